The Kier molecular flexibility index (Phi) is 4.83. The molecule has 0 amide bonds. The van der Waals surface area contributed by atoms with Gasteiger partial charge in [0, 0.05) is 0 Å². The molecule has 0 saturated heterocycles. The lowest BCUT2D eigenvalue weighted by Crippen LogP contribution is -2.20. The van der Waals surface area contributed by atoms with Crippen LogP contribution in [-0.4, -0.2) is 13.6 Å². The largest absolute Gasteiger partial charge is 0.319 e. The Morgan fingerprint density at radius 2 is 1.80 bits per heavy atom. The molecular weight excluding hydrogens is 182 g/mol. The summed E-state index contributed by atoms with van der Waals surface area (Å²) in [7, 11) is 2.04. The van der Waals surface area contributed by atoms with Gasteiger partial charge in [-0.05, 0) is 56.5 Å². The summed E-state index contributed by atoms with van der Waals surface area (Å²) in [6.07, 6.45) is 2.45. The molecule has 0 bridgehead atoms. The molecule has 0 aliphatic rings. The van der Waals surface area contributed by atoms with Crippen LogP contribution in [-0.2, 0) is 6.42 Å². The molecule has 1 nitrogen and oxygen atoms in total. The Morgan fingerprint density at radius 1 is 1.20 bits per heavy atom. The summed E-state index contributed by atoms with van der Waals surface area (Å²) in [5, 5.41) is 3.28. The molecule has 1 heteroatoms. The third-order valence-corrected chi connectivity index (χ3v) is 3.21. The molecule has 0 aliphatic carbocycles. The highest BCUT2D eigenvalue weighted by Gasteiger charge is 2.09. The minimum atomic E-state index is 0.759. The molecule has 0 spiro atoms. The first-order valence-electron chi connectivity index (χ1n) is 5.88. The molecule has 1 atom stereocenters. The second-order valence-corrected chi connectivity index (χ2v) is 4.41. The zero-order valence-electron chi connectivity index (χ0n) is 10.4. The summed E-state index contributed by atoms with van der Waals surface area (Å²) in [6.45, 7) is 7.82. The lowest BCUT2D eigenvalue weighted by molar-refractivity contribution is 0.479. The van der Waals surface area contributed by atoms with Crippen LogP contribution in [0, 0.1) is 19.8 Å². The lowest BCUT2D eigenvalue weighted by atomic mass is 9.91. The maximum Gasteiger partial charge on any atom is -0.00204 e. The van der Waals surface area contributed by atoms with Gasteiger partial charge in [0.1, 0.15) is 0 Å². The standard InChI is InChI=1S/C14H23N/c1-5-13(10-15-4)9-14-11(2)7-6-8-12(14)3/h6-8,13,15H,5,9-10H2,1-4H3. The first-order valence-corrected chi connectivity index (χ1v) is 5.88. The van der Waals surface area contributed by atoms with Gasteiger partial charge >= 0.3 is 0 Å². The molecule has 0 aliphatic heterocycles. The van der Waals surface area contributed by atoms with Crippen LogP contribution < -0.4 is 5.32 Å². The SMILES string of the molecule is CCC(CNC)Cc1c(C)cccc1C. The molecule has 1 rings (SSSR count). The van der Waals surface area contributed by atoms with E-state index in [-0.39, 0.29) is 0 Å². The number of hydrogen-bond acceptors (Lipinski definition) is 1. The zero-order valence-corrected chi connectivity index (χ0v) is 10.4. The zero-order chi connectivity index (χ0) is 11.3. The Morgan fingerprint density at radius 3 is 2.27 bits per heavy atom. The van der Waals surface area contributed by atoms with Gasteiger partial charge in [0.15, 0.2) is 0 Å². The van der Waals surface area contributed by atoms with Gasteiger partial charge < -0.3 is 5.32 Å². The Balaban J connectivity index is 2.78. The van der Waals surface area contributed by atoms with Crippen LogP contribution in [0.5, 0.6) is 0 Å². The van der Waals surface area contributed by atoms with E-state index in [1.807, 2.05) is 7.05 Å². The molecule has 1 aromatic carbocycles. The first-order chi connectivity index (χ1) is 7.19. The highest BCUT2D eigenvalue weighted by molar-refractivity contribution is 5.33. The summed E-state index contributed by atoms with van der Waals surface area (Å²) in [4.78, 5) is 0. The predicted octanol–water partition coefficient (Wildman–Crippen LogP) is 3.09. The number of aryl methyl sites for hydroxylation is 2. The van der Waals surface area contributed by atoms with Gasteiger partial charge in [-0.15, -0.1) is 0 Å². The predicted molar refractivity (Wildman–Crippen MR) is 67.3 cm³/mol. The lowest BCUT2D eigenvalue weighted by Gasteiger charge is -2.17. The van der Waals surface area contributed by atoms with Gasteiger partial charge in [-0.25, -0.2) is 0 Å². The van der Waals surface area contributed by atoms with Gasteiger partial charge in [0.25, 0.3) is 0 Å². The summed E-state index contributed by atoms with van der Waals surface area (Å²) in [5.41, 5.74) is 4.41. The van der Waals surface area contributed by atoms with Crippen LogP contribution in [0.1, 0.15) is 30.0 Å². The number of rotatable bonds is 5. The van der Waals surface area contributed by atoms with E-state index in [2.05, 4.69) is 44.3 Å². The fourth-order valence-corrected chi connectivity index (χ4v) is 2.11. The van der Waals surface area contributed by atoms with Crippen LogP contribution in [0.4, 0.5) is 0 Å². The van der Waals surface area contributed by atoms with Crippen LogP contribution in [0.3, 0.4) is 0 Å². The highest BCUT2D eigenvalue weighted by atomic mass is 14.8. The molecule has 84 valence electrons. The number of benzene rings is 1. The van der Waals surface area contributed by atoms with Crippen molar-refractivity contribution in [2.45, 2.75) is 33.6 Å². The van der Waals surface area contributed by atoms with Crippen molar-refractivity contribution < 1.29 is 0 Å². The van der Waals surface area contributed by atoms with Gasteiger partial charge in [-0.1, -0.05) is 31.5 Å². The fraction of sp³-hybridized carbons (Fsp3) is 0.571. The summed E-state index contributed by atoms with van der Waals surface area (Å²) in [5.74, 6) is 0.759. The third kappa shape index (κ3) is 3.35. The fourth-order valence-electron chi connectivity index (χ4n) is 2.11. The molecule has 1 N–H and O–H groups in total. The van der Waals surface area contributed by atoms with Crippen molar-refractivity contribution in [1.29, 1.82) is 0 Å². The van der Waals surface area contributed by atoms with Crippen molar-refractivity contribution in [3.63, 3.8) is 0 Å². The smallest absolute Gasteiger partial charge is 0.00204 e. The monoisotopic (exact) mass is 205 g/mol. The molecule has 0 heterocycles. The van der Waals surface area contributed by atoms with E-state index in [0.717, 1.165) is 12.5 Å². The van der Waals surface area contributed by atoms with Gasteiger partial charge in [-0.2, -0.15) is 0 Å². The number of hydrogen-bond donors (Lipinski definition) is 1. The summed E-state index contributed by atoms with van der Waals surface area (Å²) < 4.78 is 0. The topological polar surface area (TPSA) is 12.0 Å². The summed E-state index contributed by atoms with van der Waals surface area (Å²) >= 11 is 0. The van der Waals surface area contributed by atoms with Crippen LogP contribution >= 0.6 is 0 Å². The van der Waals surface area contributed by atoms with Crippen LogP contribution in [0.25, 0.3) is 0 Å². The average molecular weight is 205 g/mol. The van der Waals surface area contributed by atoms with Crippen molar-refractivity contribution >= 4 is 0 Å². The third-order valence-electron chi connectivity index (χ3n) is 3.21. The molecule has 0 aromatic heterocycles. The van der Waals surface area contributed by atoms with Crippen LogP contribution in [0.15, 0.2) is 18.2 Å². The maximum absolute atomic E-state index is 3.28. The molecule has 1 unspecified atom stereocenters. The molecule has 0 fully saturated rings. The molecular formula is C14H23N. The van der Waals surface area contributed by atoms with Crippen molar-refractivity contribution in [2.75, 3.05) is 13.6 Å². The normalized spacial score (nSPS) is 12.8. The van der Waals surface area contributed by atoms with E-state index in [9.17, 15) is 0 Å². The maximum atomic E-state index is 3.28. The molecule has 1 aromatic rings. The minimum Gasteiger partial charge on any atom is -0.319 e. The Labute approximate surface area is 93.9 Å². The number of nitrogens with one attached hydrogen (secondary N) is 1. The second kappa shape index (κ2) is 5.92. The van der Waals surface area contributed by atoms with Crippen molar-refractivity contribution in [2.24, 2.45) is 5.92 Å². The molecule has 0 saturated carbocycles. The van der Waals surface area contributed by atoms with Crippen molar-refractivity contribution in [3.05, 3.63) is 34.9 Å². The van der Waals surface area contributed by atoms with E-state index in [0.29, 0.717) is 0 Å². The quantitative estimate of drug-likeness (QED) is 0.779. The molecule has 0 radical (unpaired) electrons. The van der Waals surface area contributed by atoms with E-state index in [4.69, 9.17) is 0 Å². The molecule has 15 heavy (non-hydrogen) atoms. The van der Waals surface area contributed by atoms with Gasteiger partial charge in [0.05, 0.1) is 0 Å². The highest BCUT2D eigenvalue weighted by Crippen LogP contribution is 2.19. The van der Waals surface area contributed by atoms with E-state index in [1.165, 1.54) is 24.0 Å². The van der Waals surface area contributed by atoms with Gasteiger partial charge in [-0.3, -0.25) is 0 Å². The first kappa shape index (κ1) is 12.3. The van der Waals surface area contributed by atoms with E-state index in [1.54, 1.807) is 5.56 Å². The Bertz CT molecular complexity index is 284. The minimum absolute atomic E-state index is 0.759. The van der Waals surface area contributed by atoms with E-state index >= 15 is 0 Å². The second-order valence-electron chi connectivity index (χ2n) is 4.41. The van der Waals surface area contributed by atoms with Crippen molar-refractivity contribution in [1.82, 2.24) is 5.32 Å². The van der Waals surface area contributed by atoms with E-state index < -0.39 is 0 Å². The van der Waals surface area contributed by atoms with Crippen molar-refractivity contribution in [3.8, 4) is 0 Å². The van der Waals surface area contributed by atoms with Gasteiger partial charge in [0.2, 0.25) is 0 Å². The average Bonchev–Trinajstić information content (AvgIpc) is 2.22. The van der Waals surface area contributed by atoms with Crippen LogP contribution in [0.2, 0.25) is 0 Å². The summed E-state index contributed by atoms with van der Waals surface area (Å²) in [6, 6.07) is 6.58. The Hall–Kier alpha value is -0.820.